The van der Waals surface area contributed by atoms with Crippen LogP contribution < -0.4 is 10.5 Å². The Morgan fingerprint density at radius 1 is 1.55 bits per heavy atom. The van der Waals surface area contributed by atoms with Gasteiger partial charge in [-0.2, -0.15) is 5.26 Å². The Labute approximate surface area is 131 Å². The molecule has 0 radical (unpaired) electrons. The molecule has 1 heterocycles. The van der Waals surface area contributed by atoms with Crippen molar-refractivity contribution >= 4 is 12.0 Å². The summed E-state index contributed by atoms with van der Waals surface area (Å²) in [4.78, 5) is 13.8. The number of rotatable bonds is 5. The molecule has 2 N–H and O–H groups in total. The Balaban J connectivity index is 1.89. The van der Waals surface area contributed by atoms with Gasteiger partial charge in [0.05, 0.1) is 13.2 Å². The average molecular weight is 299 g/mol. The van der Waals surface area contributed by atoms with E-state index in [1.54, 1.807) is 12.0 Å². The van der Waals surface area contributed by atoms with Gasteiger partial charge in [0.15, 0.2) is 0 Å². The van der Waals surface area contributed by atoms with Gasteiger partial charge in [-0.25, -0.2) is 0 Å². The quantitative estimate of drug-likeness (QED) is 0.901. The van der Waals surface area contributed by atoms with Crippen molar-refractivity contribution in [2.45, 2.75) is 31.3 Å². The molecular weight excluding hydrogens is 278 g/mol. The SMILES string of the molecule is COc1ccc(/C=C/C(N)CC(=O)N2CCC[C@H]2C#N)cc1. The summed E-state index contributed by atoms with van der Waals surface area (Å²) in [5, 5.41) is 9.01. The molecule has 5 nitrogen and oxygen atoms in total. The minimum Gasteiger partial charge on any atom is -0.497 e. The first-order valence-corrected chi connectivity index (χ1v) is 7.41. The van der Waals surface area contributed by atoms with E-state index in [0.29, 0.717) is 6.54 Å². The second-order valence-electron chi connectivity index (χ2n) is 5.37. The van der Waals surface area contributed by atoms with Crippen molar-refractivity contribution in [3.63, 3.8) is 0 Å². The number of nitriles is 1. The Morgan fingerprint density at radius 2 is 2.27 bits per heavy atom. The van der Waals surface area contributed by atoms with Gasteiger partial charge in [0.25, 0.3) is 0 Å². The van der Waals surface area contributed by atoms with E-state index in [2.05, 4.69) is 6.07 Å². The van der Waals surface area contributed by atoms with Crippen molar-refractivity contribution in [1.82, 2.24) is 4.90 Å². The summed E-state index contributed by atoms with van der Waals surface area (Å²) in [6.07, 6.45) is 5.59. The zero-order valence-corrected chi connectivity index (χ0v) is 12.7. The van der Waals surface area contributed by atoms with Gasteiger partial charge in [-0.15, -0.1) is 0 Å². The zero-order chi connectivity index (χ0) is 15.9. The van der Waals surface area contributed by atoms with Crippen LogP contribution in [0.5, 0.6) is 5.75 Å². The molecule has 1 aromatic carbocycles. The summed E-state index contributed by atoms with van der Waals surface area (Å²) in [6, 6.07) is 9.13. The van der Waals surface area contributed by atoms with E-state index in [1.165, 1.54) is 0 Å². The molecule has 0 spiro atoms. The van der Waals surface area contributed by atoms with Crippen LogP contribution in [0.15, 0.2) is 30.3 Å². The maximum Gasteiger partial charge on any atom is 0.225 e. The van der Waals surface area contributed by atoms with Crippen LogP contribution in [0.1, 0.15) is 24.8 Å². The molecule has 1 aliphatic heterocycles. The number of ether oxygens (including phenoxy) is 1. The second kappa shape index (κ2) is 7.62. The number of carbonyl (C=O) groups is 1. The van der Waals surface area contributed by atoms with Crippen molar-refractivity contribution in [3.05, 3.63) is 35.9 Å². The number of hydrogen-bond donors (Lipinski definition) is 1. The molecule has 116 valence electrons. The Bertz CT molecular complexity index is 575. The van der Waals surface area contributed by atoms with E-state index in [1.807, 2.05) is 36.4 Å². The van der Waals surface area contributed by atoms with Gasteiger partial charge in [-0.3, -0.25) is 4.79 Å². The number of methoxy groups -OCH3 is 1. The number of carbonyl (C=O) groups excluding carboxylic acids is 1. The van der Waals surface area contributed by atoms with Gasteiger partial charge >= 0.3 is 0 Å². The molecule has 0 saturated carbocycles. The number of benzene rings is 1. The summed E-state index contributed by atoms with van der Waals surface area (Å²) >= 11 is 0. The molecule has 2 rings (SSSR count). The molecule has 1 aliphatic rings. The summed E-state index contributed by atoms with van der Waals surface area (Å²) in [6.45, 7) is 0.659. The van der Waals surface area contributed by atoms with E-state index in [4.69, 9.17) is 15.7 Å². The van der Waals surface area contributed by atoms with E-state index >= 15 is 0 Å². The van der Waals surface area contributed by atoms with Gasteiger partial charge in [0.2, 0.25) is 5.91 Å². The summed E-state index contributed by atoms with van der Waals surface area (Å²) < 4.78 is 5.10. The minimum absolute atomic E-state index is 0.0454. The molecule has 0 aromatic heterocycles. The fraction of sp³-hybridized carbons (Fsp3) is 0.412. The lowest BCUT2D eigenvalue weighted by atomic mass is 10.1. The average Bonchev–Trinajstić information content (AvgIpc) is 3.02. The van der Waals surface area contributed by atoms with E-state index in [-0.39, 0.29) is 24.4 Å². The van der Waals surface area contributed by atoms with Gasteiger partial charge < -0.3 is 15.4 Å². The highest BCUT2D eigenvalue weighted by atomic mass is 16.5. The fourth-order valence-corrected chi connectivity index (χ4v) is 2.54. The monoisotopic (exact) mass is 299 g/mol. The molecule has 1 unspecified atom stereocenters. The number of hydrogen-bond acceptors (Lipinski definition) is 4. The standard InChI is InChI=1S/C17H21N3O2/c1-22-16-8-5-13(6-9-16)4-7-14(19)11-17(21)20-10-2-3-15(20)12-18/h4-9,14-15H,2-3,10-11,19H2,1H3/b7-4+/t14?,15-/m0/s1. The van der Waals surface area contributed by atoms with Gasteiger partial charge in [-0.1, -0.05) is 24.3 Å². The molecule has 1 saturated heterocycles. The van der Waals surface area contributed by atoms with Gasteiger partial charge in [0, 0.05) is 19.0 Å². The third kappa shape index (κ3) is 4.09. The lowest BCUT2D eigenvalue weighted by Gasteiger charge is -2.20. The lowest BCUT2D eigenvalue weighted by Crippen LogP contribution is -2.37. The number of nitrogens with zero attached hydrogens (tertiary/aromatic N) is 2. The summed E-state index contributed by atoms with van der Waals surface area (Å²) in [7, 11) is 1.62. The predicted molar refractivity (Wildman–Crippen MR) is 85.0 cm³/mol. The highest BCUT2D eigenvalue weighted by Gasteiger charge is 2.28. The van der Waals surface area contributed by atoms with Crippen LogP contribution in [0.25, 0.3) is 6.08 Å². The van der Waals surface area contributed by atoms with Crippen LogP contribution in [0.3, 0.4) is 0 Å². The first-order chi connectivity index (χ1) is 10.6. The van der Waals surface area contributed by atoms with Crippen LogP contribution >= 0.6 is 0 Å². The first-order valence-electron chi connectivity index (χ1n) is 7.41. The third-order valence-corrected chi connectivity index (χ3v) is 3.78. The summed E-state index contributed by atoms with van der Waals surface area (Å²) in [5.41, 5.74) is 6.99. The topological polar surface area (TPSA) is 79.3 Å². The lowest BCUT2D eigenvalue weighted by molar-refractivity contribution is -0.131. The highest BCUT2D eigenvalue weighted by molar-refractivity contribution is 5.78. The molecule has 0 bridgehead atoms. The predicted octanol–water partition coefficient (Wildman–Crippen LogP) is 1.94. The number of amides is 1. The zero-order valence-electron chi connectivity index (χ0n) is 12.7. The smallest absolute Gasteiger partial charge is 0.225 e. The third-order valence-electron chi connectivity index (χ3n) is 3.78. The van der Waals surface area contributed by atoms with Crippen molar-refractivity contribution in [2.24, 2.45) is 5.73 Å². The molecule has 5 heteroatoms. The number of likely N-dealkylation sites (tertiary alicyclic amines) is 1. The Kier molecular flexibility index (Phi) is 5.56. The summed E-state index contributed by atoms with van der Waals surface area (Å²) in [5.74, 6) is 0.754. The van der Waals surface area contributed by atoms with Crippen LogP contribution in [0.4, 0.5) is 0 Å². The van der Waals surface area contributed by atoms with E-state index in [0.717, 1.165) is 24.2 Å². The minimum atomic E-state index is -0.352. The van der Waals surface area contributed by atoms with Crippen LogP contribution in [-0.4, -0.2) is 36.5 Å². The van der Waals surface area contributed by atoms with E-state index in [9.17, 15) is 4.79 Å². The molecule has 1 aromatic rings. The Morgan fingerprint density at radius 3 is 2.91 bits per heavy atom. The molecule has 1 amide bonds. The molecule has 1 fully saturated rings. The second-order valence-corrected chi connectivity index (χ2v) is 5.37. The fourth-order valence-electron chi connectivity index (χ4n) is 2.54. The largest absolute Gasteiger partial charge is 0.497 e. The van der Waals surface area contributed by atoms with Gasteiger partial charge in [-0.05, 0) is 30.5 Å². The first kappa shape index (κ1) is 16.1. The van der Waals surface area contributed by atoms with Crippen molar-refractivity contribution in [3.8, 4) is 11.8 Å². The maximum absolute atomic E-state index is 12.2. The van der Waals surface area contributed by atoms with Crippen molar-refractivity contribution in [1.29, 1.82) is 5.26 Å². The Hall–Kier alpha value is -2.32. The maximum atomic E-state index is 12.2. The van der Waals surface area contributed by atoms with Gasteiger partial charge in [0.1, 0.15) is 11.8 Å². The van der Waals surface area contributed by atoms with Crippen LogP contribution in [-0.2, 0) is 4.79 Å². The van der Waals surface area contributed by atoms with Crippen LogP contribution in [0.2, 0.25) is 0 Å². The molecule has 0 aliphatic carbocycles. The van der Waals surface area contributed by atoms with E-state index < -0.39 is 0 Å². The van der Waals surface area contributed by atoms with Crippen molar-refractivity contribution in [2.75, 3.05) is 13.7 Å². The number of nitrogens with two attached hydrogens (primary N) is 1. The molecule has 2 atom stereocenters. The van der Waals surface area contributed by atoms with Crippen LogP contribution in [0, 0.1) is 11.3 Å². The molecule has 22 heavy (non-hydrogen) atoms. The normalized spacial score (nSPS) is 19.1. The van der Waals surface area contributed by atoms with Crippen molar-refractivity contribution < 1.29 is 9.53 Å². The molecular formula is C17H21N3O2. The highest BCUT2D eigenvalue weighted by Crippen LogP contribution is 2.18.